The number of nitriles is 1. The predicted molar refractivity (Wildman–Crippen MR) is 417 cm³/mol. The molecule has 13 atom stereocenters. The molecule has 3 fully saturated rings. The number of hydrogen-bond donors (Lipinski definition) is 9. The van der Waals surface area contributed by atoms with Crippen molar-refractivity contribution in [1.82, 2.24) is 14.7 Å². The number of nitrogens with two attached hydrogens (primary N) is 1. The molecular formula is C82H85N7O34S. The summed E-state index contributed by atoms with van der Waals surface area (Å²) in [7, 11) is -1.37. The number of aldehydes is 1. The Morgan fingerprint density at radius 1 is 0.661 bits per heavy atom. The zero-order valence-electron chi connectivity index (χ0n) is 67.3. The lowest BCUT2D eigenvalue weighted by molar-refractivity contribution is -0.402. The third-order valence-corrected chi connectivity index (χ3v) is 23.9. The summed E-state index contributed by atoms with van der Waals surface area (Å²) in [4.78, 5) is 140. The number of carbonyl (C=O) groups is 9. The predicted octanol–water partition coefficient (Wildman–Crippen LogP) is 5.49. The van der Waals surface area contributed by atoms with Crippen LogP contribution in [0.4, 0.5) is 21.4 Å². The van der Waals surface area contributed by atoms with E-state index < -0.39 is 235 Å². The lowest BCUT2D eigenvalue weighted by Crippen LogP contribution is -2.63. The zero-order valence-corrected chi connectivity index (χ0v) is 68.1. The van der Waals surface area contributed by atoms with Gasteiger partial charge in [-0.1, -0.05) is 42.0 Å². The fourth-order valence-electron chi connectivity index (χ4n) is 16.0. The van der Waals surface area contributed by atoms with Crippen LogP contribution in [0.5, 0.6) is 34.5 Å². The van der Waals surface area contributed by atoms with Crippen LogP contribution in [0, 0.1) is 38.5 Å². The Labute approximate surface area is 703 Å². The first-order chi connectivity index (χ1) is 58.7. The summed E-state index contributed by atoms with van der Waals surface area (Å²) in [6.45, 7) is 5.57. The molecule has 14 rings (SSSR count). The summed E-state index contributed by atoms with van der Waals surface area (Å²) in [5.41, 5.74) is 0.215. The summed E-state index contributed by atoms with van der Waals surface area (Å²) in [5, 5.41) is 122. The lowest BCUT2D eigenvalue weighted by Gasteiger charge is -2.48. The molecule has 658 valence electrons. The number of piperazine rings is 1. The number of aliphatic hydroxyl groups is 4. The summed E-state index contributed by atoms with van der Waals surface area (Å²) < 4.78 is 84.0. The molecule has 5 aromatic carbocycles. The fraction of sp³-hybridized carbons (Fsp3) is 0.415. The maximum Gasteiger partial charge on any atom is 0.433 e. The number of amides is 2. The van der Waals surface area contributed by atoms with Crippen LogP contribution in [0.3, 0.4) is 0 Å². The van der Waals surface area contributed by atoms with Crippen molar-refractivity contribution in [2.75, 3.05) is 53.6 Å². The Morgan fingerprint density at radius 2 is 1.13 bits per heavy atom. The number of nitro groups is 2. The number of carbonyl (C=O) groups excluding carboxylic acids is 9. The number of fused-ring (bicyclic) bond motifs is 6. The lowest BCUT2D eigenvalue weighted by atomic mass is 9.72. The highest BCUT2D eigenvalue weighted by atomic mass is 32.2. The highest BCUT2D eigenvalue weighted by Gasteiger charge is 2.53. The molecule has 5 unspecified atom stereocenters. The summed E-state index contributed by atoms with van der Waals surface area (Å²) in [6.07, 6.45) is -11.6. The van der Waals surface area contributed by atoms with E-state index >= 15 is 0 Å². The number of furan rings is 2. The molecule has 0 saturated carbocycles. The van der Waals surface area contributed by atoms with Crippen LogP contribution in [0.2, 0.25) is 0 Å². The second kappa shape index (κ2) is 36.5. The SMILES string of the molecule is COc1cccc2c1C(=O)c1c(O)c3c(c(O)c1C2=O)C[C@@](O)(C(C)=O)C[C@@H]3O[C@@H]1CC(N2CCN(C(=O)OCc3ccc([N+](=O)[O-])o3)CC2C#N)C(O)[C@H](C)O1.COc1cccc2c1C(=O)c1c(O)c3c(c(O)c1C2=O)C[C@@](O)(C(C)=O)C[C@@H]3O[C@H]1CC(N)C(O)[C@H](C)O1.Cc1ccc(S(=O)(=O)OCCN(CC=O)C(=O)OCc2ccc([N+](=O)[O-])o2)cc1. The molecule has 0 radical (unpaired) electrons. The molecule has 3 aliphatic heterocycles. The number of aryl methyl sites for hydroxylation is 1. The Balaban J connectivity index is 0.000000181. The summed E-state index contributed by atoms with van der Waals surface area (Å²) in [6, 6.07) is 19.3. The molecule has 5 heterocycles. The average molecular weight is 1740 g/mol. The molecule has 10 N–H and O–H groups in total. The molecule has 7 aliphatic rings. The van der Waals surface area contributed by atoms with Gasteiger partial charge in [0, 0.05) is 104 Å². The number of benzene rings is 5. The van der Waals surface area contributed by atoms with Gasteiger partial charge in [0.2, 0.25) is 11.6 Å². The fourth-order valence-corrected chi connectivity index (χ4v) is 16.9. The van der Waals surface area contributed by atoms with Gasteiger partial charge in [-0.2, -0.15) is 13.7 Å². The van der Waals surface area contributed by atoms with Crippen molar-refractivity contribution in [1.29, 1.82) is 5.26 Å². The Kier molecular flexibility index (Phi) is 26.7. The van der Waals surface area contributed by atoms with Crippen LogP contribution in [-0.4, -0.2) is 247 Å². The number of rotatable bonds is 22. The first-order valence-corrected chi connectivity index (χ1v) is 39.9. The number of Topliss-reactive ketones (excluding diaryl/α,β-unsaturated/α-hetero) is 2. The largest absolute Gasteiger partial charge is 0.507 e. The van der Waals surface area contributed by atoms with Crippen LogP contribution in [0.15, 0.2) is 98.7 Å². The minimum absolute atomic E-state index is 0.0147. The molecule has 124 heavy (non-hydrogen) atoms. The number of phenols is 4. The normalized spacial score (nSPS) is 24.3. The topological polar surface area (TPSA) is 605 Å². The standard InChI is InChI=1S/C38H38N4O15.C27H29NO10.C17H18N2O9S/c1-17-32(44)23(41-10-9-40(15-19(41)14-39)37(49)54-16-20-7-8-26(56-20)42(51)52)11-27(55-17)57-25-13-38(50,18(2)43)12-22-29(25)36(48)31-30(34(22)46)33(45)21-5-4-6-24(53-3)28(21)35(31)47;1-10-22(30)14(28)7-17(37-10)38-16-9-27(35,11(2)29)8-13-19(16)26(34)21-20(24(13)32)23(31)12-5-4-6-15(36-3)18(12)25(21)33;1-13-2-5-15(6-3-13)29(24,25)27-11-9-18(8-10-20)17(21)26-12-14-4-7-16(28-14)19(22)23/h4-8,17,19,23,25,27,32,44,46,48,50H,9-13,15-16H2,1-3H3;4-6,10,14,16-17,22,30,32,34-35H,7-9,28H2,1-3H3;2-7,10H,8-9,11-12H2,1H3/t17-,19?,23?,25-,27+,32?,38-;10-,14?,16-,17-,22?,27-;/m00./s1. The van der Waals surface area contributed by atoms with E-state index in [4.69, 9.17) is 56.6 Å². The molecule has 42 heteroatoms. The van der Waals surface area contributed by atoms with Crippen molar-refractivity contribution in [3.63, 3.8) is 0 Å². The van der Waals surface area contributed by atoms with Crippen LogP contribution >= 0.6 is 0 Å². The van der Waals surface area contributed by atoms with E-state index in [9.17, 15) is 118 Å². The van der Waals surface area contributed by atoms with E-state index in [1.165, 1.54) is 86.7 Å². The Morgan fingerprint density at radius 3 is 1.57 bits per heavy atom. The van der Waals surface area contributed by atoms with Gasteiger partial charge >= 0.3 is 24.0 Å². The monoisotopic (exact) mass is 1740 g/mol. The van der Waals surface area contributed by atoms with Gasteiger partial charge in [0.25, 0.3) is 10.1 Å². The van der Waals surface area contributed by atoms with Gasteiger partial charge in [-0.05, 0) is 71.0 Å². The second-order valence-corrected chi connectivity index (χ2v) is 31.9. The maximum absolute atomic E-state index is 14.0. The molecule has 7 aromatic rings. The van der Waals surface area contributed by atoms with Crippen LogP contribution in [-0.2, 0) is 83.2 Å². The Bertz CT molecular complexity index is 5590. The third-order valence-electron chi connectivity index (χ3n) is 22.6. The number of aliphatic hydroxyl groups excluding tert-OH is 2. The van der Waals surface area contributed by atoms with Crippen molar-refractivity contribution in [2.45, 2.75) is 170 Å². The van der Waals surface area contributed by atoms with Crippen LogP contribution < -0.4 is 15.2 Å². The van der Waals surface area contributed by atoms with Crippen molar-refractivity contribution in [2.24, 2.45) is 5.73 Å². The molecule has 0 spiro atoms. The molecule has 2 aromatic heterocycles. The van der Waals surface area contributed by atoms with E-state index in [0.29, 0.717) is 6.29 Å². The van der Waals surface area contributed by atoms with E-state index in [-0.39, 0.29) is 131 Å². The van der Waals surface area contributed by atoms with Crippen molar-refractivity contribution >= 4 is 75.1 Å². The number of phenolic OH excluding ortho intramolecular Hbond substituents is 4. The molecule has 4 aliphatic carbocycles. The van der Waals surface area contributed by atoms with Gasteiger partial charge < -0.3 is 103 Å². The second-order valence-electron chi connectivity index (χ2n) is 30.3. The zero-order chi connectivity index (χ0) is 90.2. The van der Waals surface area contributed by atoms with Gasteiger partial charge in [-0.15, -0.1) is 0 Å². The van der Waals surface area contributed by atoms with E-state index in [0.717, 1.165) is 29.5 Å². The summed E-state index contributed by atoms with van der Waals surface area (Å²) in [5.74, 6) is -7.73. The van der Waals surface area contributed by atoms with Gasteiger partial charge in [0.05, 0.1) is 127 Å². The van der Waals surface area contributed by atoms with Gasteiger partial charge in [-0.25, -0.2) is 9.59 Å². The average Bonchev–Trinajstić information content (AvgIpc) is 0.725. The minimum atomic E-state index is -4.02. The van der Waals surface area contributed by atoms with Crippen LogP contribution in [0.25, 0.3) is 0 Å². The number of aromatic hydroxyl groups is 4. The van der Waals surface area contributed by atoms with Gasteiger partial charge in [0.15, 0.2) is 48.9 Å². The number of nitrogens with zero attached hydrogens (tertiary/aromatic N) is 6. The van der Waals surface area contributed by atoms with Crippen molar-refractivity contribution in [3.8, 4) is 40.6 Å². The highest BCUT2D eigenvalue weighted by Crippen LogP contribution is 2.55. The summed E-state index contributed by atoms with van der Waals surface area (Å²) >= 11 is 0. The number of ketones is 6. The van der Waals surface area contributed by atoms with Crippen molar-refractivity contribution < 1.29 is 153 Å². The number of ether oxygens (including phenoxy) is 8. The molecule has 3 saturated heterocycles. The van der Waals surface area contributed by atoms with E-state index in [2.05, 4.69) is 6.07 Å². The first kappa shape index (κ1) is 90.7. The van der Waals surface area contributed by atoms with E-state index in [1.54, 1.807) is 37.8 Å². The van der Waals surface area contributed by atoms with E-state index in [1.807, 2.05) is 0 Å². The minimum Gasteiger partial charge on any atom is -0.507 e. The van der Waals surface area contributed by atoms with Crippen LogP contribution in [0.1, 0.15) is 169 Å². The van der Waals surface area contributed by atoms with Gasteiger partial charge in [0.1, 0.15) is 79.4 Å². The molecule has 41 nitrogen and oxygen atoms in total. The quantitative estimate of drug-likeness (QED) is 0.0133. The van der Waals surface area contributed by atoms with Gasteiger partial charge in [-0.3, -0.25) is 63.0 Å². The maximum atomic E-state index is 14.0. The highest BCUT2D eigenvalue weighted by molar-refractivity contribution is 7.86. The number of hydrogen-bond acceptors (Lipinski definition) is 37. The molecule has 2 amide bonds. The molecule has 0 bridgehead atoms. The Hall–Kier alpha value is -12.5. The first-order valence-electron chi connectivity index (χ1n) is 38.5. The molecular weight excluding hydrogens is 1660 g/mol. The smallest absolute Gasteiger partial charge is 0.433 e. The third kappa shape index (κ3) is 17.9. The number of methoxy groups -OCH3 is 2. The van der Waals surface area contributed by atoms with Crippen molar-refractivity contribution in [3.05, 3.63) is 189 Å².